The molecular formula is C22H24N4O3. The van der Waals surface area contributed by atoms with Crippen LogP contribution in [-0.4, -0.2) is 39.1 Å². The van der Waals surface area contributed by atoms with Crippen molar-refractivity contribution >= 4 is 5.91 Å². The van der Waals surface area contributed by atoms with E-state index in [2.05, 4.69) is 15.2 Å². The molecule has 0 saturated carbocycles. The van der Waals surface area contributed by atoms with Crippen molar-refractivity contribution in [2.24, 2.45) is 0 Å². The van der Waals surface area contributed by atoms with Gasteiger partial charge in [0.15, 0.2) is 0 Å². The monoisotopic (exact) mass is 392 g/mol. The van der Waals surface area contributed by atoms with Gasteiger partial charge in [0, 0.05) is 25.4 Å². The van der Waals surface area contributed by atoms with Crippen LogP contribution >= 0.6 is 0 Å². The molecule has 2 aromatic heterocycles. The van der Waals surface area contributed by atoms with Gasteiger partial charge in [-0.25, -0.2) is 9.78 Å². The van der Waals surface area contributed by atoms with Crippen molar-refractivity contribution in [3.63, 3.8) is 0 Å². The first-order valence-electron chi connectivity index (χ1n) is 9.94. The fraction of sp³-hybridized carbons (Fsp3) is 0.364. The van der Waals surface area contributed by atoms with Gasteiger partial charge < -0.3 is 9.32 Å². The third kappa shape index (κ3) is 4.29. The van der Waals surface area contributed by atoms with Gasteiger partial charge in [-0.2, -0.15) is 5.10 Å². The van der Waals surface area contributed by atoms with Crippen LogP contribution in [0.25, 0.3) is 0 Å². The normalized spacial score (nSPS) is 14.9. The Morgan fingerprint density at radius 2 is 1.97 bits per heavy atom. The zero-order valence-corrected chi connectivity index (χ0v) is 16.4. The Kier molecular flexibility index (Phi) is 5.55. The van der Waals surface area contributed by atoms with E-state index in [0.717, 1.165) is 25.1 Å². The van der Waals surface area contributed by atoms with Crippen molar-refractivity contribution in [2.45, 2.75) is 38.5 Å². The van der Waals surface area contributed by atoms with Crippen LogP contribution in [0.4, 0.5) is 0 Å². The van der Waals surface area contributed by atoms with Crippen LogP contribution in [0, 0.1) is 6.92 Å². The Morgan fingerprint density at radius 3 is 2.62 bits per heavy atom. The second-order valence-corrected chi connectivity index (χ2v) is 7.48. The first-order valence-corrected chi connectivity index (χ1v) is 9.94. The molecule has 3 aromatic rings. The number of piperidine rings is 1. The molecule has 3 heterocycles. The average molecular weight is 392 g/mol. The van der Waals surface area contributed by atoms with E-state index in [1.54, 1.807) is 11.8 Å². The summed E-state index contributed by atoms with van der Waals surface area (Å²) in [5.74, 6) is 1.48. The van der Waals surface area contributed by atoms with Crippen LogP contribution in [0.15, 0.2) is 51.9 Å². The second-order valence-electron chi connectivity index (χ2n) is 7.48. The van der Waals surface area contributed by atoms with Crippen LogP contribution in [0.1, 0.15) is 51.8 Å². The van der Waals surface area contributed by atoms with Gasteiger partial charge in [-0.05, 0) is 43.4 Å². The largest absolute Gasteiger partial charge is 0.427 e. The molecule has 7 nitrogen and oxygen atoms in total. The van der Waals surface area contributed by atoms with Gasteiger partial charge in [0.05, 0.1) is 0 Å². The molecule has 1 aliphatic heterocycles. The molecule has 1 fully saturated rings. The number of hydrogen-bond acceptors (Lipinski definition) is 5. The number of likely N-dealkylation sites (tertiary alicyclic amines) is 1. The Balaban J connectivity index is 1.43. The number of hydrogen-bond donors (Lipinski definition) is 1. The van der Waals surface area contributed by atoms with Gasteiger partial charge in [-0.15, -0.1) is 0 Å². The smallest absolute Gasteiger partial charge is 0.349 e. The van der Waals surface area contributed by atoms with Crippen molar-refractivity contribution in [1.29, 1.82) is 0 Å². The molecular weight excluding hydrogens is 368 g/mol. The number of aromatic nitrogens is 3. The summed E-state index contributed by atoms with van der Waals surface area (Å²) < 4.78 is 5.48. The lowest BCUT2D eigenvalue weighted by atomic mass is 9.95. The van der Waals surface area contributed by atoms with E-state index in [4.69, 9.17) is 4.42 Å². The van der Waals surface area contributed by atoms with Gasteiger partial charge >= 0.3 is 5.63 Å². The summed E-state index contributed by atoms with van der Waals surface area (Å²) in [6, 6.07) is 11.9. The predicted octanol–water partition coefficient (Wildman–Crippen LogP) is 2.87. The Bertz CT molecular complexity index is 1020. The number of carbonyl (C=O) groups excluding carboxylic acids is 1. The van der Waals surface area contributed by atoms with Crippen molar-refractivity contribution in [2.75, 3.05) is 13.1 Å². The molecule has 0 bridgehead atoms. The fourth-order valence-electron chi connectivity index (χ4n) is 3.89. The van der Waals surface area contributed by atoms with Gasteiger partial charge in [0.1, 0.15) is 23.5 Å². The zero-order valence-electron chi connectivity index (χ0n) is 16.4. The van der Waals surface area contributed by atoms with E-state index in [1.807, 2.05) is 36.4 Å². The predicted molar refractivity (Wildman–Crippen MR) is 108 cm³/mol. The van der Waals surface area contributed by atoms with E-state index in [-0.39, 0.29) is 17.4 Å². The minimum Gasteiger partial charge on any atom is -0.427 e. The number of amides is 1. The number of rotatable bonds is 5. The van der Waals surface area contributed by atoms with Crippen LogP contribution in [-0.2, 0) is 12.8 Å². The summed E-state index contributed by atoms with van der Waals surface area (Å²) in [7, 11) is 0. The SMILES string of the molecule is Cc1cc(CCc2ccccc2)oc(=O)c1C(=O)N1CCC(c2ncn[nH]2)CC1. The summed E-state index contributed by atoms with van der Waals surface area (Å²) in [6.45, 7) is 2.97. The Hall–Kier alpha value is -3.22. The maximum atomic E-state index is 13.0. The molecule has 150 valence electrons. The van der Waals surface area contributed by atoms with E-state index >= 15 is 0 Å². The molecule has 1 amide bonds. The average Bonchev–Trinajstić information content (AvgIpc) is 3.27. The molecule has 29 heavy (non-hydrogen) atoms. The third-order valence-corrected chi connectivity index (χ3v) is 5.52. The van der Waals surface area contributed by atoms with Crippen LogP contribution in [0.2, 0.25) is 0 Å². The van der Waals surface area contributed by atoms with Gasteiger partial charge in [0.25, 0.3) is 5.91 Å². The van der Waals surface area contributed by atoms with Crippen LogP contribution < -0.4 is 5.63 Å². The molecule has 0 unspecified atom stereocenters. The molecule has 1 N–H and O–H groups in total. The molecule has 1 aromatic carbocycles. The zero-order chi connectivity index (χ0) is 20.2. The van der Waals surface area contributed by atoms with E-state index in [1.165, 1.54) is 11.9 Å². The quantitative estimate of drug-likeness (QED) is 0.721. The number of aromatic amines is 1. The number of nitrogens with zero attached hydrogens (tertiary/aromatic N) is 3. The summed E-state index contributed by atoms with van der Waals surface area (Å²) in [4.78, 5) is 31.5. The highest BCUT2D eigenvalue weighted by atomic mass is 16.4. The second kappa shape index (κ2) is 8.43. The van der Waals surface area contributed by atoms with E-state index < -0.39 is 5.63 Å². The van der Waals surface area contributed by atoms with E-state index in [0.29, 0.717) is 30.8 Å². The minimum absolute atomic E-state index is 0.145. The summed E-state index contributed by atoms with van der Waals surface area (Å²) in [5, 5.41) is 6.80. The highest BCUT2D eigenvalue weighted by Crippen LogP contribution is 2.26. The first kappa shape index (κ1) is 19.1. The van der Waals surface area contributed by atoms with E-state index in [9.17, 15) is 9.59 Å². The molecule has 1 saturated heterocycles. The van der Waals surface area contributed by atoms with Crippen LogP contribution in [0.3, 0.4) is 0 Å². The van der Waals surface area contributed by atoms with Gasteiger partial charge in [-0.1, -0.05) is 30.3 Å². The van der Waals surface area contributed by atoms with Gasteiger partial charge in [-0.3, -0.25) is 9.89 Å². The summed E-state index contributed by atoms with van der Waals surface area (Å²) >= 11 is 0. The number of nitrogens with one attached hydrogen (secondary N) is 1. The van der Waals surface area contributed by atoms with Crippen molar-refractivity contribution in [3.05, 3.63) is 81.4 Å². The highest BCUT2D eigenvalue weighted by molar-refractivity contribution is 5.95. The summed E-state index contributed by atoms with van der Waals surface area (Å²) in [5.41, 5.74) is 1.45. The Labute approximate surface area is 168 Å². The van der Waals surface area contributed by atoms with Crippen molar-refractivity contribution < 1.29 is 9.21 Å². The lowest BCUT2D eigenvalue weighted by Crippen LogP contribution is -2.40. The number of H-pyrrole nitrogens is 1. The topological polar surface area (TPSA) is 92.1 Å². The lowest BCUT2D eigenvalue weighted by Gasteiger charge is -2.31. The minimum atomic E-state index is -0.546. The first-order chi connectivity index (χ1) is 14.1. The third-order valence-electron chi connectivity index (χ3n) is 5.52. The standard InChI is InChI=1S/C22H24N4O3/c1-15-13-18(8-7-16-5-3-2-4-6-16)29-22(28)19(15)21(27)26-11-9-17(10-12-26)20-23-14-24-25-20/h2-6,13-14,17H,7-12H2,1H3,(H,23,24,25). The maximum Gasteiger partial charge on any atom is 0.349 e. The molecule has 0 aliphatic carbocycles. The van der Waals surface area contributed by atoms with Crippen molar-refractivity contribution in [3.8, 4) is 0 Å². The maximum absolute atomic E-state index is 13.0. The molecule has 1 aliphatic rings. The molecule has 0 radical (unpaired) electrons. The number of carbonyl (C=O) groups is 1. The van der Waals surface area contributed by atoms with Crippen molar-refractivity contribution in [1.82, 2.24) is 20.1 Å². The molecule has 0 atom stereocenters. The molecule has 7 heteroatoms. The Morgan fingerprint density at radius 1 is 1.21 bits per heavy atom. The molecule has 0 spiro atoms. The fourth-order valence-corrected chi connectivity index (χ4v) is 3.89. The van der Waals surface area contributed by atoms with Crippen LogP contribution in [0.5, 0.6) is 0 Å². The number of aryl methyl sites for hydroxylation is 3. The summed E-state index contributed by atoms with van der Waals surface area (Å²) in [6.07, 6.45) is 4.49. The van der Waals surface area contributed by atoms with Gasteiger partial charge in [0.2, 0.25) is 0 Å². The highest BCUT2D eigenvalue weighted by Gasteiger charge is 2.28. The number of benzene rings is 1. The molecule has 4 rings (SSSR count). The lowest BCUT2D eigenvalue weighted by molar-refractivity contribution is 0.0705.